The molecule has 4 rings (SSSR count). The van der Waals surface area contributed by atoms with Gasteiger partial charge in [-0.3, -0.25) is 0 Å². The Kier molecular flexibility index (Phi) is 4.62. The molecule has 0 unspecified atom stereocenters. The van der Waals surface area contributed by atoms with Gasteiger partial charge in [0.05, 0.1) is 5.69 Å². The van der Waals surface area contributed by atoms with E-state index in [1.54, 1.807) is 0 Å². The van der Waals surface area contributed by atoms with Crippen LogP contribution in [0.4, 0.5) is 5.69 Å². The van der Waals surface area contributed by atoms with Crippen LogP contribution < -0.4 is 9.47 Å². The zero-order chi connectivity index (χ0) is 20.0. The lowest BCUT2D eigenvalue weighted by Gasteiger charge is -2.16. The number of imidazole rings is 1. The summed E-state index contributed by atoms with van der Waals surface area (Å²) in [5.41, 5.74) is 7.79. The minimum atomic E-state index is 0.471. The van der Waals surface area contributed by atoms with Gasteiger partial charge in [0.15, 0.2) is 11.0 Å². The lowest BCUT2D eigenvalue weighted by molar-refractivity contribution is -0.595. The number of hydrogen-bond donors (Lipinski definition) is 0. The van der Waals surface area contributed by atoms with E-state index < -0.39 is 0 Å². The Bertz CT molecular complexity index is 1120. The third-order valence-electron chi connectivity index (χ3n) is 5.59. The molecule has 2 heterocycles. The Hall–Kier alpha value is -2.81. The molecule has 144 valence electrons. The van der Waals surface area contributed by atoms with E-state index in [4.69, 9.17) is 0 Å². The SMILES string of the molecule is CC(C)c1cccc(C(C)C)c1-[n+]1cc2ccc3cccc(N(C)C)c3n2c1. The normalized spacial score (nSPS) is 11.9. The Balaban J connectivity index is 2.06. The lowest BCUT2D eigenvalue weighted by Crippen LogP contribution is -2.31. The number of nitrogens with zero attached hydrogens (tertiary/aromatic N) is 3. The van der Waals surface area contributed by atoms with Gasteiger partial charge < -0.3 is 4.90 Å². The van der Waals surface area contributed by atoms with E-state index in [1.807, 2.05) is 0 Å². The smallest absolute Gasteiger partial charge is 0.254 e. The Morgan fingerprint density at radius 2 is 1.46 bits per heavy atom. The fraction of sp³-hybridized carbons (Fsp3) is 0.320. The van der Waals surface area contributed by atoms with E-state index in [-0.39, 0.29) is 0 Å². The van der Waals surface area contributed by atoms with Crippen molar-refractivity contribution in [2.24, 2.45) is 0 Å². The first-order chi connectivity index (χ1) is 13.4. The molecule has 4 aromatic rings. The summed E-state index contributed by atoms with van der Waals surface area (Å²) < 4.78 is 4.65. The molecule has 28 heavy (non-hydrogen) atoms. The number of hydrogen-bond acceptors (Lipinski definition) is 1. The van der Waals surface area contributed by atoms with Crippen LogP contribution in [0.25, 0.3) is 22.1 Å². The molecule has 2 aromatic heterocycles. The van der Waals surface area contributed by atoms with Crippen molar-refractivity contribution in [1.82, 2.24) is 4.40 Å². The summed E-state index contributed by atoms with van der Waals surface area (Å²) in [5, 5.41) is 1.25. The van der Waals surface area contributed by atoms with Crippen LogP contribution in [0.15, 0.2) is 61.1 Å². The van der Waals surface area contributed by atoms with Crippen LogP contribution >= 0.6 is 0 Å². The lowest BCUT2D eigenvalue weighted by atomic mass is 9.92. The monoisotopic (exact) mass is 372 g/mol. The highest BCUT2D eigenvalue weighted by atomic mass is 15.1. The summed E-state index contributed by atoms with van der Waals surface area (Å²) in [4.78, 5) is 2.19. The number of rotatable bonds is 4. The number of fused-ring (bicyclic) bond motifs is 3. The zero-order valence-electron chi connectivity index (χ0n) is 17.8. The number of pyridine rings is 1. The standard InChI is InChI=1S/C25H30N3/c1-17(2)21-10-8-11-22(18(3)4)25(21)27-15-20-14-13-19-9-7-12-23(26(5)6)24(19)28(20)16-27/h7-18H,1-6H3/q+1. The van der Waals surface area contributed by atoms with Crippen molar-refractivity contribution in [1.29, 1.82) is 0 Å². The highest BCUT2D eigenvalue weighted by Gasteiger charge is 2.22. The van der Waals surface area contributed by atoms with Crippen molar-refractivity contribution in [3.63, 3.8) is 0 Å². The summed E-state index contributed by atoms with van der Waals surface area (Å²) in [6, 6.07) is 17.7. The maximum absolute atomic E-state index is 2.33. The zero-order valence-corrected chi connectivity index (χ0v) is 17.8. The molecule has 0 aliphatic rings. The first kappa shape index (κ1) is 18.5. The Morgan fingerprint density at radius 3 is 2.07 bits per heavy atom. The van der Waals surface area contributed by atoms with Crippen molar-refractivity contribution in [3.05, 3.63) is 72.2 Å². The van der Waals surface area contributed by atoms with Gasteiger partial charge in [-0.15, -0.1) is 0 Å². The number of anilines is 1. The van der Waals surface area contributed by atoms with E-state index in [0.717, 1.165) is 0 Å². The molecule has 0 saturated carbocycles. The predicted molar refractivity (Wildman–Crippen MR) is 119 cm³/mol. The van der Waals surface area contributed by atoms with Gasteiger partial charge in [-0.05, 0) is 30.0 Å². The predicted octanol–water partition coefficient (Wildman–Crippen LogP) is 5.68. The second-order valence-corrected chi connectivity index (χ2v) is 8.48. The van der Waals surface area contributed by atoms with Crippen LogP contribution in [0.3, 0.4) is 0 Å². The van der Waals surface area contributed by atoms with Gasteiger partial charge in [0.1, 0.15) is 11.9 Å². The van der Waals surface area contributed by atoms with Crippen LogP contribution in [0.2, 0.25) is 0 Å². The fourth-order valence-corrected chi connectivity index (χ4v) is 4.15. The summed E-state index contributed by atoms with van der Waals surface area (Å²) in [5.74, 6) is 0.941. The molecule has 0 atom stereocenters. The second-order valence-electron chi connectivity index (χ2n) is 8.48. The maximum atomic E-state index is 2.33. The summed E-state index contributed by atoms with van der Waals surface area (Å²) in [6.45, 7) is 9.11. The Labute approximate surface area is 167 Å². The average Bonchev–Trinajstić information content (AvgIpc) is 3.10. The third-order valence-corrected chi connectivity index (χ3v) is 5.59. The van der Waals surface area contributed by atoms with Crippen LogP contribution in [0.5, 0.6) is 0 Å². The van der Waals surface area contributed by atoms with Crippen LogP contribution in [-0.2, 0) is 0 Å². The molecular formula is C25H30N3+. The third kappa shape index (κ3) is 2.95. The largest absolute Gasteiger partial charge is 0.374 e. The highest BCUT2D eigenvalue weighted by molar-refractivity contribution is 5.93. The van der Waals surface area contributed by atoms with Gasteiger partial charge in [-0.25, -0.2) is 4.57 Å². The highest BCUT2D eigenvalue weighted by Crippen LogP contribution is 2.30. The molecule has 0 N–H and O–H groups in total. The molecule has 3 heteroatoms. The van der Waals surface area contributed by atoms with Gasteiger partial charge in [-0.2, -0.15) is 4.40 Å². The number of aromatic nitrogens is 2. The molecule has 0 amide bonds. The van der Waals surface area contributed by atoms with Crippen molar-refractivity contribution in [3.8, 4) is 5.69 Å². The van der Waals surface area contributed by atoms with E-state index in [1.165, 1.54) is 38.9 Å². The van der Waals surface area contributed by atoms with Crippen LogP contribution in [0.1, 0.15) is 50.7 Å². The van der Waals surface area contributed by atoms with E-state index in [2.05, 4.69) is 117 Å². The summed E-state index contributed by atoms with van der Waals surface area (Å²) in [6.07, 6.45) is 4.51. The molecule has 3 nitrogen and oxygen atoms in total. The molecule has 0 aliphatic heterocycles. The quantitative estimate of drug-likeness (QED) is 0.419. The molecule has 2 aromatic carbocycles. The molecule has 0 aliphatic carbocycles. The van der Waals surface area contributed by atoms with Gasteiger partial charge in [-0.1, -0.05) is 58.0 Å². The minimum Gasteiger partial charge on any atom is -0.374 e. The topological polar surface area (TPSA) is 11.5 Å². The summed E-state index contributed by atoms with van der Waals surface area (Å²) in [7, 11) is 4.21. The average molecular weight is 373 g/mol. The fourth-order valence-electron chi connectivity index (χ4n) is 4.15. The first-order valence-corrected chi connectivity index (χ1v) is 10.1. The van der Waals surface area contributed by atoms with Gasteiger partial charge in [0, 0.05) is 30.6 Å². The number of para-hydroxylation sites is 2. The van der Waals surface area contributed by atoms with Crippen molar-refractivity contribution >= 4 is 22.1 Å². The van der Waals surface area contributed by atoms with Crippen LogP contribution in [0, 0.1) is 0 Å². The van der Waals surface area contributed by atoms with Gasteiger partial charge >= 0.3 is 0 Å². The van der Waals surface area contributed by atoms with Gasteiger partial charge in [0.2, 0.25) is 0 Å². The van der Waals surface area contributed by atoms with Crippen molar-refractivity contribution < 1.29 is 4.57 Å². The van der Waals surface area contributed by atoms with E-state index in [9.17, 15) is 0 Å². The maximum Gasteiger partial charge on any atom is 0.254 e. The second kappa shape index (κ2) is 6.97. The Morgan fingerprint density at radius 1 is 0.821 bits per heavy atom. The molecule has 0 saturated heterocycles. The van der Waals surface area contributed by atoms with Crippen molar-refractivity contribution in [2.75, 3.05) is 19.0 Å². The molecule has 0 fully saturated rings. The van der Waals surface area contributed by atoms with Crippen LogP contribution in [-0.4, -0.2) is 18.5 Å². The van der Waals surface area contributed by atoms with Gasteiger partial charge in [0.25, 0.3) is 6.33 Å². The number of benzene rings is 2. The van der Waals surface area contributed by atoms with Crippen molar-refractivity contribution in [2.45, 2.75) is 39.5 Å². The molecular weight excluding hydrogens is 342 g/mol. The van der Waals surface area contributed by atoms with E-state index in [0.29, 0.717) is 11.8 Å². The van der Waals surface area contributed by atoms with E-state index >= 15 is 0 Å². The minimum absolute atomic E-state index is 0.471. The molecule has 0 radical (unpaired) electrons. The first-order valence-electron chi connectivity index (χ1n) is 10.1. The molecule has 0 bridgehead atoms. The summed E-state index contributed by atoms with van der Waals surface area (Å²) >= 11 is 0. The molecule has 0 spiro atoms.